The monoisotopic (exact) mass is 518 g/mol. The van der Waals surface area contributed by atoms with Gasteiger partial charge in [-0.05, 0) is 54.6 Å². The Labute approximate surface area is 210 Å². The lowest BCUT2D eigenvalue weighted by atomic mass is 10.1. The molecule has 3 aromatic rings. The number of aromatic hydroxyl groups is 1. The van der Waals surface area contributed by atoms with E-state index in [4.69, 9.17) is 11.6 Å². The number of hydrogen-bond acceptors (Lipinski definition) is 4. The van der Waals surface area contributed by atoms with Gasteiger partial charge in [0, 0.05) is 43.2 Å². The zero-order valence-corrected chi connectivity index (χ0v) is 19.6. The van der Waals surface area contributed by atoms with E-state index in [0.29, 0.717) is 31.9 Å². The summed E-state index contributed by atoms with van der Waals surface area (Å²) in [6.07, 6.45) is -4.64. The molecule has 11 heteroatoms. The van der Waals surface area contributed by atoms with Crippen molar-refractivity contribution in [3.63, 3.8) is 0 Å². The maximum Gasteiger partial charge on any atom is 0.417 e. The fourth-order valence-corrected chi connectivity index (χ4v) is 4.09. The molecular weight excluding hydrogens is 497 g/mol. The molecule has 4 rings (SSSR count). The lowest BCUT2D eigenvalue weighted by molar-refractivity contribution is -0.137. The molecule has 0 unspecified atom stereocenters. The number of para-hydroxylation sites is 1. The molecule has 1 heterocycles. The van der Waals surface area contributed by atoms with Crippen LogP contribution in [0.15, 0.2) is 66.7 Å². The predicted molar refractivity (Wildman–Crippen MR) is 132 cm³/mol. The first-order chi connectivity index (χ1) is 17.1. The average molecular weight is 519 g/mol. The highest BCUT2D eigenvalue weighted by atomic mass is 35.5. The lowest BCUT2D eigenvalue weighted by Gasteiger charge is -2.36. The second-order valence-electron chi connectivity index (χ2n) is 8.11. The Morgan fingerprint density at radius 3 is 2.11 bits per heavy atom. The molecule has 0 spiro atoms. The zero-order valence-electron chi connectivity index (χ0n) is 18.8. The van der Waals surface area contributed by atoms with E-state index in [0.717, 1.165) is 17.8 Å². The Kier molecular flexibility index (Phi) is 7.25. The van der Waals surface area contributed by atoms with Crippen LogP contribution in [0.25, 0.3) is 0 Å². The van der Waals surface area contributed by atoms with E-state index >= 15 is 0 Å². The van der Waals surface area contributed by atoms with Crippen molar-refractivity contribution in [3.8, 4) is 5.75 Å². The Hall–Kier alpha value is -3.92. The van der Waals surface area contributed by atoms with Crippen LogP contribution in [0.4, 0.5) is 35.0 Å². The molecule has 0 saturated carbocycles. The first-order valence-corrected chi connectivity index (χ1v) is 11.4. The van der Waals surface area contributed by atoms with Crippen LogP contribution < -0.4 is 15.5 Å². The number of hydrogen-bond donors (Lipinski definition) is 3. The first-order valence-electron chi connectivity index (χ1n) is 11.0. The molecule has 1 aliphatic rings. The van der Waals surface area contributed by atoms with Crippen molar-refractivity contribution in [2.45, 2.75) is 6.18 Å². The Morgan fingerprint density at radius 2 is 1.47 bits per heavy atom. The third-order valence-corrected chi connectivity index (χ3v) is 6.05. The molecular formula is C25H22ClF3N4O3. The summed E-state index contributed by atoms with van der Waals surface area (Å²) in [5.74, 6) is -0.268. The molecule has 3 aromatic carbocycles. The molecule has 1 aliphatic heterocycles. The minimum atomic E-state index is -4.64. The molecule has 1 saturated heterocycles. The Morgan fingerprint density at radius 1 is 0.861 bits per heavy atom. The molecule has 1 fully saturated rings. The van der Waals surface area contributed by atoms with Crippen LogP contribution in [0.3, 0.4) is 0 Å². The predicted octanol–water partition coefficient (Wildman–Crippen LogP) is 5.67. The van der Waals surface area contributed by atoms with Crippen LogP contribution in [-0.4, -0.2) is 48.1 Å². The van der Waals surface area contributed by atoms with E-state index < -0.39 is 22.8 Å². The number of rotatable bonds is 4. The molecule has 0 aromatic heterocycles. The quantitative estimate of drug-likeness (QED) is 0.415. The van der Waals surface area contributed by atoms with Gasteiger partial charge in [-0.25, -0.2) is 4.79 Å². The Balaban J connectivity index is 1.32. The molecule has 0 radical (unpaired) electrons. The van der Waals surface area contributed by atoms with E-state index in [-0.39, 0.29) is 22.9 Å². The summed E-state index contributed by atoms with van der Waals surface area (Å²) in [5, 5.41) is 14.4. The van der Waals surface area contributed by atoms with Crippen molar-refractivity contribution in [3.05, 3.63) is 82.9 Å². The van der Waals surface area contributed by atoms with Crippen LogP contribution in [0.2, 0.25) is 5.02 Å². The second-order valence-corrected chi connectivity index (χ2v) is 8.52. The van der Waals surface area contributed by atoms with E-state index in [2.05, 4.69) is 15.5 Å². The number of phenols is 1. The first kappa shape index (κ1) is 25.2. The maximum absolute atomic E-state index is 13.0. The molecule has 0 atom stereocenters. The van der Waals surface area contributed by atoms with Gasteiger partial charge in [0.2, 0.25) is 0 Å². The summed E-state index contributed by atoms with van der Waals surface area (Å²) in [6.45, 7) is 2.14. The topological polar surface area (TPSA) is 84.9 Å². The molecule has 0 aliphatic carbocycles. The summed E-state index contributed by atoms with van der Waals surface area (Å²) >= 11 is 5.60. The van der Waals surface area contributed by atoms with Crippen LogP contribution in [0.5, 0.6) is 5.75 Å². The van der Waals surface area contributed by atoms with Gasteiger partial charge in [-0.1, -0.05) is 23.7 Å². The van der Waals surface area contributed by atoms with Crippen LogP contribution >= 0.6 is 11.6 Å². The molecule has 3 amide bonds. The largest absolute Gasteiger partial charge is 0.507 e. The smallest absolute Gasteiger partial charge is 0.417 e. The molecule has 7 nitrogen and oxygen atoms in total. The van der Waals surface area contributed by atoms with Gasteiger partial charge in [0.25, 0.3) is 5.91 Å². The standard InChI is InChI=1S/C25H22ClF3N4O3/c26-21-10-7-17(15-20(21)25(27,28)29)31-24(36)30-16-5-8-18(9-6-16)32-11-13-33(14-12-32)23(35)19-3-1-2-4-22(19)34/h1-10,15,34H,11-14H2,(H2,30,31,36). The average Bonchev–Trinajstić information content (AvgIpc) is 2.85. The SMILES string of the molecule is O=C(Nc1ccc(N2CCN(C(=O)c3ccccc3O)CC2)cc1)Nc1ccc(Cl)c(C(F)(F)F)c1. The number of benzene rings is 3. The number of anilines is 3. The normalized spacial score (nSPS) is 13.9. The highest BCUT2D eigenvalue weighted by Crippen LogP contribution is 2.36. The fraction of sp³-hybridized carbons (Fsp3) is 0.200. The number of alkyl halides is 3. The highest BCUT2D eigenvalue weighted by molar-refractivity contribution is 6.31. The maximum atomic E-state index is 13.0. The number of nitrogens with one attached hydrogen (secondary N) is 2. The molecule has 0 bridgehead atoms. The van der Waals surface area contributed by atoms with E-state index in [1.54, 1.807) is 47.4 Å². The third-order valence-electron chi connectivity index (χ3n) is 5.72. The summed E-state index contributed by atoms with van der Waals surface area (Å²) in [4.78, 5) is 28.7. The van der Waals surface area contributed by atoms with E-state index in [9.17, 15) is 27.9 Å². The number of phenolic OH excluding ortho intramolecular Hbond substituents is 1. The van der Waals surface area contributed by atoms with Crippen molar-refractivity contribution in [2.24, 2.45) is 0 Å². The van der Waals surface area contributed by atoms with Crippen molar-refractivity contribution in [2.75, 3.05) is 41.7 Å². The van der Waals surface area contributed by atoms with Crippen molar-refractivity contribution >= 4 is 40.6 Å². The van der Waals surface area contributed by atoms with Gasteiger partial charge < -0.3 is 25.5 Å². The number of carbonyl (C=O) groups is 2. The number of urea groups is 1. The zero-order chi connectivity index (χ0) is 25.9. The van der Waals surface area contributed by atoms with Gasteiger partial charge in [-0.3, -0.25) is 4.79 Å². The van der Waals surface area contributed by atoms with Gasteiger partial charge in [0.1, 0.15) is 5.75 Å². The van der Waals surface area contributed by atoms with Gasteiger partial charge in [-0.15, -0.1) is 0 Å². The summed E-state index contributed by atoms with van der Waals surface area (Å²) in [6, 6.07) is 15.8. The molecule has 36 heavy (non-hydrogen) atoms. The second kappa shape index (κ2) is 10.4. The van der Waals surface area contributed by atoms with Crippen LogP contribution in [-0.2, 0) is 6.18 Å². The lowest BCUT2D eigenvalue weighted by Crippen LogP contribution is -2.48. The van der Waals surface area contributed by atoms with Crippen molar-refractivity contribution in [1.82, 2.24) is 4.90 Å². The highest BCUT2D eigenvalue weighted by Gasteiger charge is 2.33. The van der Waals surface area contributed by atoms with Crippen LogP contribution in [0, 0.1) is 0 Å². The molecule has 3 N–H and O–H groups in total. The minimum absolute atomic E-state index is 0.0444. The summed E-state index contributed by atoms with van der Waals surface area (Å²) < 4.78 is 39.0. The van der Waals surface area contributed by atoms with Gasteiger partial charge >= 0.3 is 12.2 Å². The van der Waals surface area contributed by atoms with Gasteiger partial charge in [-0.2, -0.15) is 13.2 Å². The summed E-state index contributed by atoms with van der Waals surface area (Å²) in [5.41, 5.74) is 0.538. The van der Waals surface area contributed by atoms with Crippen molar-refractivity contribution < 1.29 is 27.9 Å². The third kappa shape index (κ3) is 5.83. The number of piperazine rings is 1. The number of amides is 3. The van der Waals surface area contributed by atoms with Crippen LogP contribution in [0.1, 0.15) is 15.9 Å². The summed E-state index contributed by atoms with van der Waals surface area (Å²) in [7, 11) is 0. The minimum Gasteiger partial charge on any atom is -0.507 e. The van der Waals surface area contributed by atoms with Gasteiger partial charge in [0.15, 0.2) is 0 Å². The number of nitrogens with zero attached hydrogens (tertiary/aromatic N) is 2. The Bertz CT molecular complexity index is 1260. The number of carbonyl (C=O) groups excluding carboxylic acids is 2. The van der Waals surface area contributed by atoms with E-state index in [1.807, 2.05) is 0 Å². The van der Waals surface area contributed by atoms with Gasteiger partial charge in [0.05, 0.1) is 16.1 Å². The molecule has 188 valence electrons. The number of halogens is 4. The van der Waals surface area contributed by atoms with Crippen molar-refractivity contribution in [1.29, 1.82) is 0 Å². The van der Waals surface area contributed by atoms with E-state index in [1.165, 1.54) is 12.1 Å². The fourth-order valence-electron chi connectivity index (χ4n) is 3.86.